The first-order valence-electron chi connectivity index (χ1n) is 7.47. The maximum absolute atomic E-state index is 3.54. The quantitative estimate of drug-likeness (QED) is 0.811. The number of rotatable bonds is 5. The molecule has 0 saturated carbocycles. The minimum atomic E-state index is 1.05. The van der Waals surface area contributed by atoms with Crippen molar-refractivity contribution < 1.29 is 0 Å². The van der Waals surface area contributed by atoms with Crippen molar-refractivity contribution in [3.05, 3.63) is 40.9 Å². The highest BCUT2D eigenvalue weighted by molar-refractivity contribution is 9.10. The van der Waals surface area contributed by atoms with Crippen LogP contribution in [0.25, 0.3) is 10.8 Å². The first kappa shape index (κ1) is 13.9. The molecule has 3 rings (SSSR count). The van der Waals surface area contributed by atoms with Gasteiger partial charge in [-0.25, -0.2) is 0 Å². The summed E-state index contributed by atoms with van der Waals surface area (Å²) in [6.45, 7) is 4.88. The Hall–Kier alpha value is -1.06. The van der Waals surface area contributed by atoms with Gasteiger partial charge in [-0.05, 0) is 73.9 Å². The van der Waals surface area contributed by atoms with Crippen LogP contribution in [0.2, 0.25) is 0 Å². The van der Waals surface area contributed by atoms with Crippen molar-refractivity contribution in [1.29, 1.82) is 0 Å². The monoisotopic (exact) mass is 332 g/mol. The summed E-state index contributed by atoms with van der Waals surface area (Å²) in [5, 5.41) is 6.11. The lowest BCUT2D eigenvalue weighted by Gasteiger charge is -2.14. The van der Waals surface area contributed by atoms with E-state index in [1.54, 1.807) is 0 Å². The largest absolute Gasteiger partial charge is 0.385 e. The molecule has 0 radical (unpaired) electrons. The van der Waals surface area contributed by atoms with Crippen molar-refractivity contribution in [2.24, 2.45) is 0 Å². The third-order valence-corrected chi connectivity index (χ3v) is 4.47. The lowest BCUT2D eigenvalue weighted by atomic mass is 10.1. The smallest absolute Gasteiger partial charge is 0.0346 e. The molecule has 0 spiro atoms. The average molecular weight is 333 g/mol. The zero-order valence-electron chi connectivity index (χ0n) is 11.7. The van der Waals surface area contributed by atoms with Crippen molar-refractivity contribution in [2.45, 2.75) is 19.3 Å². The van der Waals surface area contributed by atoms with Gasteiger partial charge in [0.25, 0.3) is 0 Å². The summed E-state index contributed by atoms with van der Waals surface area (Å²) in [5.74, 6) is 0. The van der Waals surface area contributed by atoms with Gasteiger partial charge in [0, 0.05) is 16.7 Å². The summed E-state index contributed by atoms with van der Waals surface area (Å²) >= 11 is 3.51. The molecular formula is C17H21BrN2. The fourth-order valence-corrected chi connectivity index (χ4v) is 3.25. The summed E-state index contributed by atoms with van der Waals surface area (Å²) in [5.41, 5.74) is 1.22. The molecule has 0 bridgehead atoms. The van der Waals surface area contributed by atoms with Crippen LogP contribution in [-0.4, -0.2) is 31.1 Å². The number of likely N-dealkylation sites (tertiary alicyclic amines) is 1. The van der Waals surface area contributed by atoms with E-state index in [2.05, 4.69) is 62.5 Å². The number of hydrogen-bond donors (Lipinski definition) is 1. The van der Waals surface area contributed by atoms with E-state index in [-0.39, 0.29) is 0 Å². The van der Waals surface area contributed by atoms with E-state index in [9.17, 15) is 0 Å². The first-order valence-corrected chi connectivity index (χ1v) is 8.26. The van der Waals surface area contributed by atoms with Gasteiger partial charge >= 0.3 is 0 Å². The summed E-state index contributed by atoms with van der Waals surface area (Å²) in [6, 6.07) is 13.0. The van der Waals surface area contributed by atoms with Gasteiger partial charge in [-0.15, -0.1) is 0 Å². The second-order valence-corrected chi connectivity index (χ2v) is 6.45. The van der Waals surface area contributed by atoms with E-state index >= 15 is 0 Å². The molecular weight excluding hydrogens is 312 g/mol. The molecule has 3 heteroatoms. The number of halogens is 1. The number of benzene rings is 2. The van der Waals surface area contributed by atoms with E-state index in [1.165, 1.54) is 55.4 Å². The van der Waals surface area contributed by atoms with E-state index in [0.717, 1.165) is 11.0 Å². The highest BCUT2D eigenvalue weighted by Crippen LogP contribution is 2.22. The predicted octanol–water partition coefficient (Wildman–Crippen LogP) is 4.50. The molecule has 106 valence electrons. The van der Waals surface area contributed by atoms with Crippen LogP contribution in [0.15, 0.2) is 40.9 Å². The SMILES string of the molecule is Brc1ccc2cc(NCCCN3CCCC3)ccc2c1. The summed E-state index contributed by atoms with van der Waals surface area (Å²) in [6.07, 6.45) is 3.99. The third-order valence-electron chi connectivity index (χ3n) is 3.98. The highest BCUT2D eigenvalue weighted by atomic mass is 79.9. The van der Waals surface area contributed by atoms with Crippen molar-refractivity contribution in [3.8, 4) is 0 Å². The zero-order valence-corrected chi connectivity index (χ0v) is 13.3. The van der Waals surface area contributed by atoms with Crippen LogP contribution in [-0.2, 0) is 0 Å². The van der Waals surface area contributed by atoms with E-state index < -0.39 is 0 Å². The topological polar surface area (TPSA) is 15.3 Å². The molecule has 2 nitrogen and oxygen atoms in total. The number of anilines is 1. The molecule has 20 heavy (non-hydrogen) atoms. The van der Waals surface area contributed by atoms with E-state index in [0.29, 0.717) is 0 Å². The Balaban J connectivity index is 1.53. The molecule has 1 heterocycles. The van der Waals surface area contributed by atoms with Gasteiger partial charge in [0.2, 0.25) is 0 Å². The van der Waals surface area contributed by atoms with Gasteiger partial charge in [-0.1, -0.05) is 28.1 Å². The van der Waals surface area contributed by atoms with Crippen LogP contribution in [0.1, 0.15) is 19.3 Å². The fourth-order valence-electron chi connectivity index (χ4n) is 2.87. The van der Waals surface area contributed by atoms with Gasteiger partial charge in [-0.2, -0.15) is 0 Å². The molecule has 1 aliphatic rings. The maximum Gasteiger partial charge on any atom is 0.0346 e. The van der Waals surface area contributed by atoms with Crippen LogP contribution in [0.5, 0.6) is 0 Å². The van der Waals surface area contributed by atoms with Crippen LogP contribution < -0.4 is 5.32 Å². The van der Waals surface area contributed by atoms with Crippen LogP contribution >= 0.6 is 15.9 Å². The Bertz CT molecular complexity index is 576. The summed E-state index contributed by atoms with van der Waals surface area (Å²) in [7, 11) is 0. The second-order valence-electron chi connectivity index (χ2n) is 5.54. The van der Waals surface area contributed by atoms with Crippen molar-refractivity contribution in [2.75, 3.05) is 31.5 Å². The zero-order chi connectivity index (χ0) is 13.8. The normalized spacial score (nSPS) is 15.8. The molecule has 1 fully saturated rings. The summed E-state index contributed by atoms with van der Waals surface area (Å²) in [4.78, 5) is 2.57. The Labute approximate surface area is 129 Å². The molecule has 0 unspecified atom stereocenters. The molecule has 1 saturated heterocycles. The first-order chi connectivity index (χ1) is 9.81. The number of hydrogen-bond acceptors (Lipinski definition) is 2. The maximum atomic E-state index is 3.54. The highest BCUT2D eigenvalue weighted by Gasteiger charge is 2.09. The van der Waals surface area contributed by atoms with Crippen molar-refractivity contribution in [1.82, 2.24) is 4.90 Å². The second kappa shape index (κ2) is 6.59. The van der Waals surface area contributed by atoms with Gasteiger partial charge in [0.15, 0.2) is 0 Å². The van der Waals surface area contributed by atoms with Crippen molar-refractivity contribution >= 4 is 32.4 Å². The lowest BCUT2D eigenvalue weighted by Crippen LogP contribution is -2.22. The van der Waals surface area contributed by atoms with Gasteiger partial charge in [-0.3, -0.25) is 0 Å². The van der Waals surface area contributed by atoms with Gasteiger partial charge < -0.3 is 10.2 Å². The minimum Gasteiger partial charge on any atom is -0.385 e. The Morgan fingerprint density at radius 3 is 2.60 bits per heavy atom. The standard InChI is InChI=1S/C17H21BrN2/c18-16-6-4-15-13-17(7-5-14(15)12-16)19-8-3-11-20-9-1-2-10-20/h4-7,12-13,19H,1-3,8-11H2. The molecule has 1 N–H and O–H groups in total. The Kier molecular flexibility index (Phi) is 4.58. The van der Waals surface area contributed by atoms with Crippen LogP contribution in [0.3, 0.4) is 0 Å². The van der Waals surface area contributed by atoms with Gasteiger partial charge in [0.1, 0.15) is 0 Å². The van der Waals surface area contributed by atoms with Crippen LogP contribution in [0, 0.1) is 0 Å². The fraction of sp³-hybridized carbons (Fsp3) is 0.412. The Morgan fingerprint density at radius 1 is 1.00 bits per heavy atom. The minimum absolute atomic E-state index is 1.05. The predicted molar refractivity (Wildman–Crippen MR) is 90.4 cm³/mol. The van der Waals surface area contributed by atoms with Gasteiger partial charge in [0.05, 0.1) is 0 Å². The summed E-state index contributed by atoms with van der Waals surface area (Å²) < 4.78 is 1.14. The molecule has 0 amide bonds. The molecule has 0 aromatic heterocycles. The molecule has 2 aromatic rings. The van der Waals surface area contributed by atoms with Crippen molar-refractivity contribution in [3.63, 3.8) is 0 Å². The van der Waals surface area contributed by atoms with E-state index in [1.807, 2.05) is 0 Å². The molecule has 0 aliphatic carbocycles. The molecule has 0 atom stereocenters. The molecule has 2 aromatic carbocycles. The molecule has 1 aliphatic heterocycles. The number of nitrogens with one attached hydrogen (secondary N) is 1. The number of fused-ring (bicyclic) bond motifs is 1. The number of nitrogens with zero attached hydrogens (tertiary/aromatic N) is 1. The third kappa shape index (κ3) is 3.53. The lowest BCUT2D eigenvalue weighted by molar-refractivity contribution is 0.337. The average Bonchev–Trinajstić information content (AvgIpc) is 2.97. The Morgan fingerprint density at radius 2 is 1.75 bits per heavy atom. The van der Waals surface area contributed by atoms with E-state index in [4.69, 9.17) is 0 Å². The van der Waals surface area contributed by atoms with Crippen LogP contribution in [0.4, 0.5) is 5.69 Å².